The Morgan fingerprint density at radius 3 is 2.57 bits per heavy atom. The van der Waals surface area contributed by atoms with Gasteiger partial charge in [-0.15, -0.1) is 0 Å². The largest absolute Gasteiger partial charge is 0.346 e. The van der Waals surface area contributed by atoms with Crippen LogP contribution in [0.15, 0.2) is 28.8 Å². The van der Waals surface area contributed by atoms with E-state index < -0.39 is 5.54 Å². The third-order valence-electron chi connectivity index (χ3n) is 7.07. The number of hydrogen-bond donors (Lipinski definition) is 3. The number of aromatic nitrogens is 4. The fourth-order valence-corrected chi connectivity index (χ4v) is 4.93. The van der Waals surface area contributed by atoms with Crippen LogP contribution in [0.25, 0.3) is 11.0 Å². The van der Waals surface area contributed by atoms with Crippen LogP contribution in [0.1, 0.15) is 95.7 Å². The molecule has 35 heavy (non-hydrogen) atoms. The first-order chi connectivity index (χ1) is 16.9. The van der Waals surface area contributed by atoms with Gasteiger partial charge in [-0.05, 0) is 30.9 Å². The highest BCUT2D eigenvalue weighted by molar-refractivity contribution is 5.77. The molecule has 3 N–H and O–H groups in total. The van der Waals surface area contributed by atoms with Crippen LogP contribution < -0.4 is 10.6 Å². The number of aromatic amines is 1. The van der Waals surface area contributed by atoms with Crippen molar-refractivity contribution in [1.29, 1.82) is 0 Å². The van der Waals surface area contributed by atoms with Crippen molar-refractivity contribution in [3.63, 3.8) is 0 Å². The van der Waals surface area contributed by atoms with Crippen molar-refractivity contribution in [2.75, 3.05) is 0 Å². The Kier molecular flexibility index (Phi) is 7.83. The number of rotatable bonds is 9. The maximum atomic E-state index is 12.9. The molecule has 9 nitrogen and oxygen atoms in total. The average molecular weight is 481 g/mol. The number of hydrogen-bond acceptors (Lipinski definition) is 6. The minimum atomic E-state index is -0.588. The number of imidazole rings is 1. The lowest BCUT2D eigenvalue weighted by Crippen LogP contribution is -2.45. The molecule has 0 aliphatic heterocycles. The lowest BCUT2D eigenvalue weighted by Gasteiger charge is -2.30. The normalized spacial score (nSPS) is 17.5. The Morgan fingerprint density at radius 1 is 1.14 bits per heavy atom. The number of aryl methyl sites for hydroxylation is 1. The van der Waals surface area contributed by atoms with Gasteiger partial charge >= 0.3 is 0 Å². The van der Waals surface area contributed by atoms with Crippen molar-refractivity contribution in [2.24, 2.45) is 5.92 Å². The number of carbonyl (C=O) groups excluding carboxylic acids is 2. The second-order valence-electron chi connectivity index (χ2n) is 9.76. The monoisotopic (exact) mass is 480 g/mol. The molecular weight excluding hydrogens is 444 g/mol. The zero-order valence-corrected chi connectivity index (χ0v) is 20.9. The predicted molar refractivity (Wildman–Crippen MR) is 132 cm³/mol. The first-order valence-corrected chi connectivity index (χ1v) is 12.8. The molecule has 2 aromatic heterocycles. The maximum absolute atomic E-state index is 12.9. The maximum Gasteiger partial charge on any atom is 0.227 e. The van der Waals surface area contributed by atoms with Crippen LogP contribution in [0.2, 0.25) is 0 Å². The molecule has 1 aliphatic rings. The van der Waals surface area contributed by atoms with Crippen molar-refractivity contribution in [3.05, 3.63) is 41.8 Å². The Morgan fingerprint density at radius 2 is 1.89 bits per heavy atom. The van der Waals surface area contributed by atoms with Crippen molar-refractivity contribution in [1.82, 2.24) is 30.7 Å². The fourth-order valence-electron chi connectivity index (χ4n) is 4.93. The first kappa shape index (κ1) is 24.9. The zero-order valence-electron chi connectivity index (χ0n) is 20.9. The molecule has 2 atom stereocenters. The van der Waals surface area contributed by atoms with Gasteiger partial charge in [-0.3, -0.25) is 9.59 Å². The molecule has 1 saturated carbocycles. The molecule has 2 amide bonds. The summed E-state index contributed by atoms with van der Waals surface area (Å²) >= 11 is 0. The highest BCUT2D eigenvalue weighted by Gasteiger charge is 2.38. The third kappa shape index (κ3) is 5.89. The van der Waals surface area contributed by atoms with E-state index in [-0.39, 0.29) is 30.2 Å². The summed E-state index contributed by atoms with van der Waals surface area (Å²) in [5, 5.41) is 10.4. The fraction of sp³-hybridized carbons (Fsp3) is 0.577. The summed E-state index contributed by atoms with van der Waals surface area (Å²) in [5.41, 5.74) is 1.25. The Hall–Kier alpha value is -3.23. The smallest absolute Gasteiger partial charge is 0.227 e. The van der Waals surface area contributed by atoms with E-state index in [0.717, 1.165) is 61.8 Å². The molecule has 2 unspecified atom stereocenters. The summed E-state index contributed by atoms with van der Waals surface area (Å²) < 4.78 is 5.50. The van der Waals surface area contributed by atoms with E-state index in [2.05, 4.69) is 39.6 Å². The minimum Gasteiger partial charge on any atom is -0.346 e. The predicted octanol–water partition coefficient (Wildman–Crippen LogP) is 4.47. The summed E-state index contributed by atoms with van der Waals surface area (Å²) in [4.78, 5) is 37.5. The van der Waals surface area contributed by atoms with Crippen molar-refractivity contribution in [2.45, 2.75) is 90.1 Å². The van der Waals surface area contributed by atoms with Gasteiger partial charge in [0.05, 0.1) is 17.1 Å². The Balaban J connectivity index is 1.42. The van der Waals surface area contributed by atoms with Crippen molar-refractivity contribution >= 4 is 22.8 Å². The molecule has 1 aromatic carbocycles. The molecule has 0 saturated heterocycles. The van der Waals surface area contributed by atoms with Gasteiger partial charge in [0.15, 0.2) is 5.82 Å². The van der Waals surface area contributed by atoms with Gasteiger partial charge in [0, 0.05) is 19.8 Å². The van der Waals surface area contributed by atoms with Gasteiger partial charge in [0.25, 0.3) is 0 Å². The number of benzene rings is 1. The molecule has 1 fully saturated rings. The number of amides is 2. The summed E-state index contributed by atoms with van der Waals surface area (Å²) in [5.74, 6) is 1.71. The van der Waals surface area contributed by atoms with Gasteiger partial charge < -0.3 is 20.1 Å². The number of nitrogens with one attached hydrogen (secondary N) is 3. The number of H-pyrrole nitrogens is 1. The SMILES string of the molecule is CCC(C)C(NC(=O)CCc1nc(C2(NC(C)=O)CCCCCC2)no1)c1nc2ccccc2[nH]1. The number of fused-ring (bicyclic) bond motifs is 1. The zero-order chi connectivity index (χ0) is 24.8. The molecule has 1 aliphatic carbocycles. The lowest BCUT2D eigenvalue weighted by atomic mass is 9.89. The molecule has 9 heteroatoms. The van der Waals surface area contributed by atoms with E-state index in [9.17, 15) is 9.59 Å². The van der Waals surface area contributed by atoms with Crippen LogP contribution in [0.5, 0.6) is 0 Å². The molecule has 0 bridgehead atoms. The van der Waals surface area contributed by atoms with E-state index in [1.807, 2.05) is 24.3 Å². The van der Waals surface area contributed by atoms with E-state index in [4.69, 9.17) is 9.51 Å². The van der Waals surface area contributed by atoms with Crippen LogP contribution in [0, 0.1) is 5.92 Å². The minimum absolute atomic E-state index is 0.0958. The number of nitrogens with zero attached hydrogens (tertiary/aromatic N) is 3. The standard InChI is InChI=1S/C26H36N6O3/c1-4-17(2)23(24-27-19-11-7-8-12-20(19)28-24)29-21(34)13-14-22-30-25(32-35-22)26(31-18(3)33)15-9-5-6-10-16-26/h7-8,11-12,17,23H,4-6,9-10,13-16H2,1-3H3,(H,27,28)(H,29,34)(H,31,33). The second kappa shape index (κ2) is 11.0. The van der Waals surface area contributed by atoms with E-state index >= 15 is 0 Å². The summed E-state index contributed by atoms with van der Waals surface area (Å²) in [6.07, 6.45) is 7.32. The van der Waals surface area contributed by atoms with E-state index in [1.165, 1.54) is 6.92 Å². The topological polar surface area (TPSA) is 126 Å². The van der Waals surface area contributed by atoms with Crippen LogP contribution in [0.4, 0.5) is 0 Å². The van der Waals surface area contributed by atoms with Crippen molar-refractivity contribution < 1.29 is 14.1 Å². The number of carbonyl (C=O) groups is 2. The van der Waals surface area contributed by atoms with Gasteiger partial charge in [-0.1, -0.05) is 63.2 Å². The average Bonchev–Trinajstić information content (AvgIpc) is 3.43. The van der Waals surface area contributed by atoms with Gasteiger partial charge in [-0.25, -0.2) is 4.98 Å². The molecule has 0 radical (unpaired) electrons. The highest BCUT2D eigenvalue weighted by Crippen LogP contribution is 2.34. The second-order valence-corrected chi connectivity index (χ2v) is 9.76. The molecule has 0 spiro atoms. The van der Waals surface area contributed by atoms with Gasteiger partial charge in [-0.2, -0.15) is 4.98 Å². The quantitative estimate of drug-likeness (QED) is 0.388. The lowest BCUT2D eigenvalue weighted by molar-refractivity contribution is -0.122. The molecule has 188 valence electrons. The van der Waals surface area contributed by atoms with Crippen LogP contribution in [-0.2, 0) is 21.5 Å². The number of para-hydroxylation sites is 2. The van der Waals surface area contributed by atoms with Crippen LogP contribution >= 0.6 is 0 Å². The Labute approximate surface area is 205 Å². The third-order valence-corrected chi connectivity index (χ3v) is 7.07. The highest BCUT2D eigenvalue weighted by atomic mass is 16.5. The van der Waals surface area contributed by atoms with E-state index in [0.29, 0.717) is 18.1 Å². The molecule has 2 heterocycles. The molecular formula is C26H36N6O3. The summed E-state index contributed by atoms with van der Waals surface area (Å²) in [6.45, 7) is 5.73. The Bertz CT molecular complexity index is 1110. The van der Waals surface area contributed by atoms with Gasteiger partial charge in [0.2, 0.25) is 17.7 Å². The summed E-state index contributed by atoms with van der Waals surface area (Å²) in [7, 11) is 0. The molecule has 3 aromatic rings. The first-order valence-electron chi connectivity index (χ1n) is 12.8. The molecule has 4 rings (SSSR count). The van der Waals surface area contributed by atoms with Crippen LogP contribution in [-0.4, -0.2) is 31.9 Å². The van der Waals surface area contributed by atoms with E-state index in [1.54, 1.807) is 0 Å². The van der Waals surface area contributed by atoms with Crippen molar-refractivity contribution in [3.8, 4) is 0 Å². The van der Waals surface area contributed by atoms with Crippen LogP contribution in [0.3, 0.4) is 0 Å². The van der Waals surface area contributed by atoms with Gasteiger partial charge in [0.1, 0.15) is 11.4 Å². The summed E-state index contributed by atoms with van der Waals surface area (Å²) in [6, 6.07) is 7.64.